The van der Waals surface area contributed by atoms with Gasteiger partial charge in [-0.2, -0.15) is 8.78 Å². The van der Waals surface area contributed by atoms with Gasteiger partial charge in [-0.3, -0.25) is 0 Å². The summed E-state index contributed by atoms with van der Waals surface area (Å²) in [4.78, 5) is 8.52. The minimum atomic E-state index is -2.82. The Morgan fingerprint density at radius 3 is 2.43 bits per heavy atom. The highest BCUT2D eigenvalue weighted by molar-refractivity contribution is 5.59. The summed E-state index contributed by atoms with van der Waals surface area (Å²) >= 11 is 0. The van der Waals surface area contributed by atoms with Crippen LogP contribution in [0.25, 0.3) is 0 Å². The molecule has 21 heavy (non-hydrogen) atoms. The standard InChI is InChI=1S/C14H16F2N4O/c1-3-17-12-8-13(19-9(2)18-12)20-10-4-6-11(7-5-10)21-14(15)16/h4-8,14H,3H2,1-2H3,(H2,17,18,19,20). The lowest BCUT2D eigenvalue weighted by molar-refractivity contribution is -0.0498. The highest BCUT2D eigenvalue weighted by Crippen LogP contribution is 2.21. The molecule has 0 aliphatic carbocycles. The number of aromatic nitrogens is 2. The zero-order valence-corrected chi connectivity index (χ0v) is 11.7. The van der Waals surface area contributed by atoms with E-state index < -0.39 is 6.61 Å². The molecule has 0 amide bonds. The summed E-state index contributed by atoms with van der Waals surface area (Å²) < 4.78 is 28.4. The van der Waals surface area contributed by atoms with Crippen LogP contribution in [0.1, 0.15) is 12.7 Å². The predicted octanol–water partition coefficient (Wildman–Crippen LogP) is 3.56. The van der Waals surface area contributed by atoms with Gasteiger partial charge in [-0.05, 0) is 38.1 Å². The quantitative estimate of drug-likeness (QED) is 0.853. The number of benzene rings is 1. The third-order valence-electron chi connectivity index (χ3n) is 2.55. The first-order valence-electron chi connectivity index (χ1n) is 6.48. The third-order valence-corrected chi connectivity index (χ3v) is 2.55. The average Bonchev–Trinajstić information content (AvgIpc) is 2.40. The lowest BCUT2D eigenvalue weighted by Gasteiger charge is -2.10. The van der Waals surface area contributed by atoms with Gasteiger partial charge in [0.2, 0.25) is 0 Å². The van der Waals surface area contributed by atoms with Crippen molar-refractivity contribution in [1.82, 2.24) is 9.97 Å². The van der Waals surface area contributed by atoms with Crippen LogP contribution in [0.5, 0.6) is 5.75 Å². The van der Waals surface area contributed by atoms with E-state index in [0.717, 1.165) is 18.1 Å². The Bertz CT molecular complexity index is 590. The number of ether oxygens (including phenoxy) is 1. The molecule has 112 valence electrons. The molecule has 1 aromatic carbocycles. The van der Waals surface area contributed by atoms with Crippen molar-refractivity contribution < 1.29 is 13.5 Å². The minimum absolute atomic E-state index is 0.114. The van der Waals surface area contributed by atoms with Gasteiger partial charge in [-0.25, -0.2) is 9.97 Å². The van der Waals surface area contributed by atoms with Crippen molar-refractivity contribution in [1.29, 1.82) is 0 Å². The molecule has 1 heterocycles. The Hall–Kier alpha value is -2.44. The summed E-state index contributed by atoms with van der Waals surface area (Å²) in [7, 11) is 0. The fourth-order valence-electron chi connectivity index (χ4n) is 1.77. The van der Waals surface area contributed by atoms with Gasteiger partial charge in [0, 0.05) is 18.3 Å². The second-order valence-corrected chi connectivity index (χ2v) is 4.24. The van der Waals surface area contributed by atoms with Crippen LogP contribution >= 0.6 is 0 Å². The Morgan fingerprint density at radius 1 is 1.14 bits per heavy atom. The molecule has 7 heteroatoms. The topological polar surface area (TPSA) is 59.1 Å². The molecule has 0 fully saturated rings. The van der Waals surface area contributed by atoms with Crippen molar-refractivity contribution in [3.05, 3.63) is 36.2 Å². The van der Waals surface area contributed by atoms with Crippen LogP contribution in [-0.2, 0) is 0 Å². The van der Waals surface area contributed by atoms with Gasteiger partial charge >= 0.3 is 6.61 Å². The Morgan fingerprint density at radius 2 is 1.81 bits per heavy atom. The van der Waals surface area contributed by atoms with Gasteiger partial charge in [0.25, 0.3) is 0 Å². The number of alkyl halides is 2. The second-order valence-electron chi connectivity index (χ2n) is 4.24. The summed E-state index contributed by atoms with van der Waals surface area (Å²) in [5, 5.41) is 6.20. The van der Waals surface area contributed by atoms with E-state index in [1.54, 1.807) is 25.1 Å². The molecule has 0 aliphatic heterocycles. The van der Waals surface area contributed by atoms with Crippen LogP contribution in [0.3, 0.4) is 0 Å². The summed E-state index contributed by atoms with van der Waals surface area (Å²) in [5.41, 5.74) is 0.720. The number of nitrogens with one attached hydrogen (secondary N) is 2. The number of nitrogens with zero attached hydrogens (tertiary/aromatic N) is 2. The van der Waals surface area contributed by atoms with Gasteiger partial charge in [0.05, 0.1) is 0 Å². The van der Waals surface area contributed by atoms with Gasteiger partial charge < -0.3 is 15.4 Å². The molecule has 0 aliphatic rings. The van der Waals surface area contributed by atoms with E-state index in [4.69, 9.17) is 0 Å². The average molecular weight is 294 g/mol. The van der Waals surface area contributed by atoms with Crippen molar-refractivity contribution in [2.24, 2.45) is 0 Å². The number of anilines is 3. The van der Waals surface area contributed by atoms with Crippen LogP contribution in [-0.4, -0.2) is 23.1 Å². The molecule has 2 rings (SSSR count). The van der Waals surface area contributed by atoms with Gasteiger partial charge in [0.1, 0.15) is 23.2 Å². The first-order valence-corrected chi connectivity index (χ1v) is 6.48. The molecule has 2 aromatic rings. The first kappa shape index (κ1) is 15.0. The maximum absolute atomic E-state index is 12.1. The Balaban J connectivity index is 2.10. The van der Waals surface area contributed by atoms with E-state index in [-0.39, 0.29) is 5.75 Å². The van der Waals surface area contributed by atoms with Crippen molar-refractivity contribution in [3.8, 4) is 5.75 Å². The van der Waals surface area contributed by atoms with E-state index in [2.05, 4.69) is 25.3 Å². The van der Waals surface area contributed by atoms with Gasteiger partial charge in [-0.1, -0.05) is 0 Å². The van der Waals surface area contributed by atoms with E-state index in [1.165, 1.54) is 12.1 Å². The maximum Gasteiger partial charge on any atom is 0.387 e. The summed E-state index contributed by atoms with van der Waals surface area (Å²) in [6, 6.07) is 7.99. The number of rotatable bonds is 6. The molecule has 0 radical (unpaired) electrons. The fraction of sp³-hybridized carbons (Fsp3) is 0.286. The molecule has 0 bridgehead atoms. The lowest BCUT2D eigenvalue weighted by atomic mass is 10.3. The van der Waals surface area contributed by atoms with Crippen molar-refractivity contribution >= 4 is 17.3 Å². The number of hydrogen-bond donors (Lipinski definition) is 2. The number of aryl methyl sites for hydroxylation is 1. The zero-order valence-electron chi connectivity index (χ0n) is 11.7. The molecule has 2 N–H and O–H groups in total. The molecular formula is C14H16F2N4O. The largest absolute Gasteiger partial charge is 0.435 e. The monoisotopic (exact) mass is 294 g/mol. The van der Waals surface area contributed by atoms with Crippen LogP contribution in [0.15, 0.2) is 30.3 Å². The molecule has 0 unspecified atom stereocenters. The van der Waals surface area contributed by atoms with Crippen LogP contribution < -0.4 is 15.4 Å². The molecule has 0 spiro atoms. The van der Waals surface area contributed by atoms with Crippen molar-refractivity contribution in [2.45, 2.75) is 20.5 Å². The van der Waals surface area contributed by atoms with E-state index in [0.29, 0.717) is 11.6 Å². The Labute approximate surface area is 121 Å². The lowest BCUT2D eigenvalue weighted by Crippen LogP contribution is -2.04. The summed E-state index contributed by atoms with van der Waals surface area (Å²) in [6.45, 7) is 1.71. The van der Waals surface area contributed by atoms with Crippen LogP contribution in [0.4, 0.5) is 26.1 Å². The van der Waals surface area contributed by atoms with Gasteiger partial charge in [0.15, 0.2) is 0 Å². The van der Waals surface area contributed by atoms with E-state index >= 15 is 0 Å². The predicted molar refractivity (Wildman–Crippen MR) is 77.3 cm³/mol. The van der Waals surface area contributed by atoms with E-state index in [1.807, 2.05) is 6.92 Å². The van der Waals surface area contributed by atoms with Crippen LogP contribution in [0, 0.1) is 6.92 Å². The maximum atomic E-state index is 12.1. The number of hydrogen-bond acceptors (Lipinski definition) is 5. The molecule has 0 atom stereocenters. The molecule has 1 aromatic heterocycles. The van der Waals surface area contributed by atoms with Crippen LogP contribution in [0.2, 0.25) is 0 Å². The summed E-state index contributed by atoms with van der Waals surface area (Å²) in [5.74, 6) is 2.10. The molecule has 5 nitrogen and oxygen atoms in total. The SMILES string of the molecule is CCNc1cc(Nc2ccc(OC(F)F)cc2)nc(C)n1. The highest BCUT2D eigenvalue weighted by Gasteiger charge is 2.05. The first-order chi connectivity index (χ1) is 10.1. The van der Waals surface area contributed by atoms with Crippen molar-refractivity contribution in [2.75, 3.05) is 17.2 Å². The smallest absolute Gasteiger partial charge is 0.387 e. The van der Waals surface area contributed by atoms with E-state index in [9.17, 15) is 8.78 Å². The van der Waals surface area contributed by atoms with Crippen molar-refractivity contribution in [3.63, 3.8) is 0 Å². The molecule has 0 saturated carbocycles. The summed E-state index contributed by atoms with van der Waals surface area (Å²) in [6.07, 6.45) is 0. The molecule has 0 saturated heterocycles. The number of halogens is 2. The fourth-order valence-corrected chi connectivity index (χ4v) is 1.77. The highest BCUT2D eigenvalue weighted by atomic mass is 19.3. The minimum Gasteiger partial charge on any atom is -0.435 e. The van der Waals surface area contributed by atoms with Gasteiger partial charge in [-0.15, -0.1) is 0 Å². The second kappa shape index (κ2) is 6.83. The molecular weight excluding hydrogens is 278 g/mol. The Kier molecular flexibility index (Phi) is 4.86. The third kappa shape index (κ3) is 4.55. The zero-order chi connectivity index (χ0) is 15.2. The normalized spacial score (nSPS) is 10.5.